The number of imide groups is 2. The van der Waals surface area contributed by atoms with Gasteiger partial charge in [0.15, 0.2) is 0 Å². The average molecular weight is 847 g/mol. The van der Waals surface area contributed by atoms with Crippen LogP contribution in [0.4, 0.5) is 10.1 Å². The lowest BCUT2D eigenvalue weighted by Gasteiger charge is -2.63. The topological polar surface area (TPSA) is 152 Å². The zero-order valence-electron chi connectivity index (χ0n) is 34.6. The summed E-state index contributed by atoms with van der Waals surface area (Å²) >= 11 is 6.23. The van der Waals surface area contributed by atoms with Crippen LogP contribution in [-0.4, -0.2) is 89.7 Å². The fourth-order valence-electron chi connectivity index (χ4n) is 10.3. The Morgan fingerprint density at radius 2 is 1.56 bits per heavy atom. The van der Waals surface area contributed by atoms with Crippen LogP contribution in [0.1, 0.15) is 108 Å². The number of nitrogens with zero attached hydrogens (tertiary/aromatic N) is 4. The van der Waals surface area contributed by atoms with Crippen LogP contribution in [0.3, 0.4) is 0 Å². The first-order chi connectivity index (χ1) is 29.1. The van der Waals surface area contributed by atoms with E-state index in [0.717, 1.165) is 62.4 Å². The van der Waals surface area contributed by atoms with Gasteiger partial charge < -0.3 is 19.9 Å². The largest absolute Gasteiger partial charge is 0.489 e. The number of carbonyl (C=O) groups excluding carboxylic acids is 5. The minimum absolute atomic E-state index is 0.0755. The number of hydrogen-bond acceptors (Lipinski definition) is 9. The smallest absolute Gasteiger partial charge is 0.262 e. The summed E-state index contributed by atoms with van der Waals surface area (Å²) in [5.41, 5.74) is 1.33. The standard InChI is InChI=1S/C47H48ClFN6O6/c1-46(2)44(47(3,4)45(46)61-33-11-9-30(26-50)36(48)25-33)52-40(57)29-8-7-28(37(49)23-29)6-5-27-15-19-53(20-16-27)31-17-21-54(22-18-31)32-10-12-34-35(24-32)43(60)55(42(34)59)38-13-14-39(56)51-41(38)58/h7-12,23-25,27,31,38,44-45H,13-22H2,1-4H3,(H,52,57)(H,51,56,58). The third-order valence-corrected chi connectivity index (χ3v) is 13.7. The highest BCUT2D eigenvalue weighted by atomic mass is 35.5. The predicted octanol–water partition coefficient (Wildman–Crippen LogP) is 6.10. The molecule has 1 unspecified atom stereocenters. The van der Waals surface area contributed by atoms with Gasteiger partial charge in [-0.15, -0.1) is 0 Å². The number of amides is 5. The Morgan fingerprint density at radius 1 is 0.869 bits per heavy atom. The summed E-state index contributed by atoms with van der Waals surface area (Å²) in [7, 11) is 0. The number of hydrogen-bond donors (Lipinski definition) is 2. The molecule has 0 radical (unpaired) electrons. The van der Waals surface area contributed by atoms with Gasteiger partial charge in [-0.25, -0.2) is 4.39 Å². The number of nitrogens with one attached hydrogen (secondary N) is 2. The monoisotopic (exact) mass is 846 g/mol. The first-order valence-electron chi connectivity index (χ1n) is 20.9. The summed E-state index contributed by atoms with van der Waals surface area (Å²) in [6.07, 6.45) is 3.54. The summed E-state index contributed by atoms with van der Waals surface area (Å²) in [6, 6.07) is 15.8. The number of halogens is 2. The van der Waals surface area contributed by atoms with Crippen LogP contribution >= 0.6 is 11.6 Å². The number of anilines is 1. The molecular formula is C47H48ClFN6O6. The minimum atomic E-state index is -0.993. The van der Waals surface area contributed by atoms with E-state index in [4.69, 9.17) is 16.3 Å². The lowest BCUT2D eigenvalue weighted by atomic mass is 9.49. The van der Waals surface area contributed by atoms with Gasteiger partial charge in [-0.2, -0.15) is 5.26 Å². The number of ether oxygens (including phenoxy) is 1. The van der Waals surface area contributed by atoms with Crippen LogP contribution in [0, 0.1) is 45.7 Å². The van der Waals surface area contributed by atoms with Gasteiger partial charge >= 0.3 is 0 Å². The first-order valence-corrected chi connectivity index (χ1v) is 21.3. The van der Waals surface area contributed by atoms with Crippen molar-refractivity contribution in [2.45, 2.75) is 90.4 Å². The quantitative estimate of drug-likeness (QED) is 0.213. The van der Waals surface area contributed by atoms with E-state index in [1.165, 1.54) is 6.07 Å². The zero-order valence-corrected chi connectivity index (χ0v) is 35.4. The molecule has 1 aliphatic carbocycles. The van der Waals surface area contributed by atoms with Crippen LogP contribution in [-0.2, 0) is 9.59 Å². The fourth-order valence-corrected chi connectivity index (χ4v) is 10.5. The lowest BCUT2D eigenvalue weighted by Crippen LogP contribution is -2.74. The fraction of sp³-hybridized carbons (Fsp3) is 0.447. The van der Waals surface area contributed by atoms with Crippen LogP contribution in [0.2, 0.25) is 5.02 Å². The van der Waals surface area contributed by atoms with E-state index in [0.29, 0.717) is 22.4 Å². The second-order valence-electron chi connectivity index (χ2n) is 18.0. The van der Waals surface area contributed by atoms with Gasteiger partial charge in [0.2, 0.25) is 11.8 Å². The van der Waals surface area contributed by atoms with Crippen molar-refractivity contribution < 1.29 is 33.1 Å². The molecule has 2 N–H and O–H groups in total. The molecule has 3 saturated heterocycles. The van der Waals surface area contributed by atoms with Gasteiger partial charge in [0.25, 0.3) is 17.7 Å². The Morgan fingerprint density at radius 3 is 2.21 bits per heavy atom. The molecule has 8 rings (SSSR count). The van der Waals surface area contributed by atoms with Crippen LogP contribution < -0.4 is 20.3 Å². The summed E-state index contributed by atoms with van der Waals surface area (Å²) < 4.78 is 21.7. The van der Waals surface area contributed by atoms with Gasteiger partial charge in [0.05, 0.1) is 27.3 Å². The number of carbonyl (C=O) groups is 5. The first kappa shape index (κ1) is 42.0. The molecule has 4 heterocycles. The maximum atomic E-state index is 15.4. The van der Waals surface area contributed by atoms with Crippen molar-refractivity contribution in [3.8, 4) is 23.7 Å². The molecule has 0 aromatic heterocycles. The van der Waals surface area contributed by atoms with E-state index in [9.17, 15) is 29.2 Å². The Balaban J connectivity index is 0.809. The molecule has 14 heteroatoms. The zero-order chi connectivity index (χ0) is 43.4. The molecule has 61 heavy (non-hydrogen) atoms. The molecule has 1 saturated carbocycles. The maximum absolute atomic E-state index is 15.4. The molecular weight excluding hydrogens is 799 g/mol. The van der Waals surface area contributed by atoms with Crippen molar-refractivity contribution in [1.82, 2.24) is 20.4 Å². The third kappa shape index (κ3) is 7.86. The minimum Gasteiger partial charge on any atom is -0.489 e. The number of likely N-dealkylation sites (tertiary alicyclic amines) is 1. The maximum Gasteiger partial charge on any atom is 0.262 e. The molecule has 316 valence electrons. The average Bonchev–Trinajstić information content (AvgIpc) is 3.49. The Labute approximate surface area is 359 Å². The van der Waals surface area contributed by atoms with E-state index in [-0.39, 0.29) is 59.1 Å². The second-order valence-corrected chi connectivity index (χ2v) is 18.4. The van der Waals surface area contributed by atoms with E-state index in [1.807, 2.05) is 39.8 Å². The normalized spacial score (nSPS) is 23.9. The highest BCUT2D eigenvalue weighted by Crippen LogP contribution is 2.55. The van der Waals surface area contributed by atoms with Crippen LogP contribution in [0.15, 0.2) is 54.6 Å². The van der Waals surface area contributed by atoms with Crippen molar-refractivity contribution in [1.29, 1.82) is 5.26 Å². The van der Waals surface area contributed by atoms with Gasteiger partial charge in [-0.1, -0.05) is 51.1 Å². The molecule has 4 aliphatic heterocycles. The summed E-state index contributed by atoms with van der Waals surface area (Å²) in [5.74, 6) is 4.03. The second kappa shape index (κ2) is 16.3. The van der Waals surface area contributed by atoms with E-state index >= 15 is 4.39 Å². The number of rotatable bonds is 7. The Bertz CT molecular complexity index is 2420. The molecule has 4 fully saturated rings. The molecule has 5 aliphatic rings. The highest BCUT2D eigenvalue weighted by Gasteiger charge is 2.64. The summed E-state index contributed by atoms with van der Waals surface area (Å²) in [6.45, 7) is 11.4. The number of nitriles is 1. The molecule has 12 nitrogen and oxygen atoms in total. The molecule has 0 bridgehead atoms. The molecule has 5 amide bonds. The summed E-state index contributed by atoms with van der Waals surface area (Å²) in [4.78, 5) is 69.7. The van der Waals surface area contributed by atoms with Gasteiger partial charge in [0, 0.05) is 65.7 Å². The van der Waals surface area contributed by atoms with E-state index in [1.54, 1.807) is 42.5 Å². The lowest BCUT2D eigenvalue weighted by molar-refractivity contribution is -0.164. The van der Waals surface area contributed by atoms with Crippen molar-refractivity contribution >= 4 is 46.8 Å². The van der Waals surface area contributed by atoms with E-state index < -0.39 is 46.3 Å². The molecule has 3 aromatic rings. The van der Waals surface area contributed by atoms with Crippen molar-refractivity contribution in [3.05, 3.63) is 93.3 Å². The van der Waals surface area contributed by atoms with Gasteiger partial charge in [0.1, 0.15) is 29.8 Å². The van der Waals surface area contributed by atoms with Crippen LogP contribution in [0.5, 0.6) is 5.75 Å². The number of benzene rings is 3. The Kier molecular flexibility index (Phi) is 11.2. The summed E-state index contributed by atoms with van der Waals surface area (Å²) in [5, 5.41) is 14.9. The molecule has 3 aromatic carbocycles. The van der Waals surface area contributed by atoms with E-state index in [2.05, 4.69) is 32.3 Å². The van der Waals surface area contributed by atoms with Gasteiger partial charge in [-0.3, -0.25) is 34.2 Å². The van der Waals surface area contributed by atoms with Crippen molar-refractivity contribution in [2.75, 3.05) is 31.1 Å². The number of fused-ring (bicyclic) bond motifs is 1. The van der Waals surface area contributed by atoms with Gasteiger partial charge in [-0.05, 0) is 93.7 Å². The molecule has 0 spiro atoms. The SMILES string of the molecule is CC1(C)C(NC(=O)c2ccc(C#CC3CCN(C4CCN(c5ccc6c(c5)C(=O)N(C5CCC(=O)NC5=O)C6=O)CC4)CC3)c(F)c2)C(C)(C)C1Oc1ccc(C#N)c(Cl)c1. The highest BCUT2D eigenvalue weighted by molar-refractivity contribution is 6.31. The van der Waals surface area contributed by atoms with Crippen molar-refractivity contribution in [2.24, 2.45) is 16.7 Å². The predicted molar refractivity (Wildman–Crippen MR) is 225 cm³/mol. The Hall–Kier alpha value is -5.76. The van der Waals surface area contributed by atoms with Crippen LogP contribution in [0.25, 0.3) is 0 Å². The number of piperidine rings is 3. The third-order valence-electron chi connectivity index (χ3n) is 13.4. The van der Waals surface area contributed by atoms with Crippen molar-refractivity contribution in [3.63, 3.8) is 0 Å². The molecule has 1 atom stereocenters.